The van der Waals surface area contributed by atoms with Crippen molar-refractivity contribution in [1.29, 1.82) is 0 Å². The van der Waals surface area contributed by atoms with Gasteiger partial charge in [0, 0.05) is 22.2 Å². The molecule has 0 saturated heterocycles. The molecule has 6 heteroatoms. The fraction of sp³-hybridized carbons (Fsp3) is 0.375. The van der Waals surface area contributed by atoms with Crippen LogP contribution in [0.25, 0.3) is 0 Å². The van der Waals surface area contributed by atoms with Crippen molar-refractivity contribution in [2.45, 2.75) is 38.7 Å². The Hall–Kier alpha value is -1.59. The zero-order valence-corrected chi connectivity index (χ0v) is 14.2. The summed E-state index contributed by atoms with van der Waals surface area (Å²) >= 11 is 7.39. The molecule has 1 amide bonds. The van der Waals surface area contributed by atoms with Crippen LogP contribution >= 0.6 is 22.9 Å². The van der Waals surface area contributed by atoms with E-state index < -0.39 is 6.10 Å². The molecule has 4 nitrogen and oxygen atoms in total. The van der Waals surface area contributed by atoms with Crippen LogP contribution in [-0.4, -0.2) is 17.0 Å². The molecule has 1 aromatic carbocycles. The van der Waals surface area contributed by atoms with Gasteiger partial charge in [-0.15, -0.1) is 11.3 Å². The van der Waals surface area contributed by atoms with E-state index >= 15 is 0 Å². The highest BCUT2D eigenvalue weighted by Crippen LogP contribution is 2.32. The van der Waals surface area contributed by atoms with Gasteiger partial charge in [0.25, 0.3) is 5.91 Å². The monoisotopic (exact) mass is 336 g/mol. The average Bonchev–Trinajstić information content (AvgIpc) is 3.03. The largest absolute Gasteiger partial charge is 0.480 e. The summed E-state index contributed by atoms with van der Waals surface area (Å²) in [6.45, 7) is 6.27. The lowest BCUT2D eigenvalue weighted by Crippen LogP contribution is -2.31. The maximum absolute atomic E-state index is 12.3. The maximum atomic E-state index is 12.3. The molecule has 0 spiro atoms. The Bertz CT molecular complexity index is 721. The zero-order chi connectivity index (χ0) is 15.9. The van der Waals surface area contributed by atoms with Crippen molar-refractivity contribution < 1.29 is 9.53 Å². The van der Waals surface area contributed by atoms with Crippen molar-refractivity contribution in [3.8, 4) is 5.75 Å². The molecule has 1 aromatic heterocycles. The summed E-state index contributed by atoms with van der Waals surface area (Å²) in [6, 6.07) is 5.40. The van der Waals surface area contributed by atoms with Gasteiger partial charge in [-0.1, -0.05) is 32.4 Å². The van der Waals surface area contributed by atoms with E-state index in [1.54, 1.807) is 12.1 Å². The van der Waals surface area contributed by atoms with Crippen LogP contribution in [0.15, 0.2) is 23.6 Å². The summed E-state index contributed by atoms with van der Waals surface area (Å²) in [5.41, 5.74) is 1.90. The van der Waals surface area contributed by atoms with E-state index in [0.29, 0.717) is 16.6 Å². The molecule has 2 heterocycles. The van der Waals surface area contributed by atoms with Crippen LogP contribution in [0.3, 0.4) is 0 Å². The normalized spacial score (nSPS) is 17.0. The summed E-state index contributed by atoms with van der Waals surface area (Å²) in [5, 5.41) is 6.06. The molecular weight excluding hydrogens is 320 g/mol. The van der Waals surface area contributed by atoms with Crippen molar-refractivity contribution in [2.24, 2.45) is 0 Å². The number of nitrogens with zero attached hydrogens (tertiary/aromatic N) is 1. The number of hydrogen-bond donors (Lipinski definition) is 1. The molecule has 0 fully saturated rings. The first-order valence-electron chi connectivity index (χ1n) is 7.05. The summed E-state index contributed by atoms with van der Waals surface area (Å²) in [6.07, 6.45) is -0.00497. The molecule has 1 atom stereocenters. The first kappa shape index (κ1) is 15.3. The Morgan fingerprint density at radius 3 is 2.91 bits per heavy atom. The van der Waals surface area contributed by atoms with Gasteiger partial charge in [-0.2, -0.15) is 0 Å². The predicted octanol–water partition coefficient (Wildman–Crippen LogP) is 4.04. The van der Waals surface area contributed by atoms with Gasteiger partial charge in [-0.25, -0.2) is 4.98 Å². The minimum Gasteiger partial charge on any atom is -0.480 e. The quantitative estimate of drug-likeness (QED) is 0.900. The predicted molar refractivity (Wildman–Crippen MR) is 89.0 cm³/mol. The fourth-order valence-corrected chi connectivity index (χ4v) is 3.36. The third-order valence-corrected chi connectivity index (χ3v) is 4.49. The average molecular weight is 337 g/mol. The second-order valence-electron chi connectivity index (χ2n) is 6.34. The second-order valence-corrected chi connectivity index (χ2v) is 7.63. The van der Waals surface area contributed by atoms with E-state index in [2.05, 4.69) is 31.1 Å². The molecule has 1 N–H and O–H groups in total. The summed E-state index contributed by atoms with van der Waals surface area (Å²) in [7, 11) is 0. The summed E-state index contributed by atoms with van der Waals surface area (Å²) in [4.78, 5) is 16.8. The van der Waals surface area contributed by atoms with Crippen LogP contribution in [0, 0.1) is 0 Å². The van der Waals surface area contributed by atoms with Gasteiger partial charge in [0.05, 0.1) is 5.69 Å². The molecule has 0 saturated carbocycles. The van der Waals surface area contributed by atoms with Crippen LogP contribution in [0.2, 0.25) is 5.02 Å². The standard InChI is InChI=1S/C16H17ClN2O2S/c1-16(2,3)13-8-22-15(18-13)19-14(20)12-7-9-6-10(17)4-5-11(9)21-12/h4-6,8,12H,7H2,1-3H3,(H,18,19,20). The molecule has 0 aliphatic carbocycles. The lowest BCUT2D eigenvalue weighted by molar-refractivity contribution is -0.122. The molecule has 116 valence electrons. The molecule has 22 heavy (non-hydrogen) atoms. The minimum atomic E-state index is -0.532. The Balaban J connectivity index is 1.68. The molecule has 3 rings (SSSR count). The Morgan fingerprint density at radius 1 is 1.45 bits per heavy atom. The SMILES string of the molecule is CC(C)(C)c1csc(NC(=O)C2Cc3cc(Cl)ccc3O2)n1. The van der Waals surface area contributed by atoms with E-state index in [1.165, 1.54) is 11.3 Å². The van der Waals surface area contributed by atoms with Crippen LogP contribution in [-0.2, 0) is 16.6 Å². The highest BCUT2D eigenvalue weighted by atomic mass is 35.5. The summed E-state index contributed by atoms with van der Waals surface area (Å²) in [5.74, 6) is 0.543. The van der Waals surface area contributed by atoms with E-state index in [9.17, 15) is 4.79 Å². The van der Waals surface area contributed by atoms with E-state index in [4.69, 9.17) is 16.3 Å². The van der Waals surface area contributed by atoms with Gasteiger partial charge < -0.3 is 4.74 Å². The Labute approximate surface area is 138 Å². The number of carbonyl (C=O) groups is 1. The van der Waals surface area contributed by atoms with Gasteiger partial charge in [0.1, 0.15) is 5.75 Å². The number of ether oxygens (including phenoxy) is 1. The molecule has 0 bridgehead atoms. The Morgan fingerprint density at radius 2 is 2.23 bits per heavy atom. The van der Waals surface area contributed by atoms with E-state index in [0.717, 1.165) is 17.0 Å². The number of carbonyl (C=O) groups excluding carboxylic acids is 1. The first-order chi connectivity index (χ1) is 10.3. The van der Waals surface area contributed by atoms with Gasteiger partial charge in [-0.3, -0.25) is 10.1 Å². The van der Waals surface area contributed by atoms with Gasteiger partial charge in [0.15, 0.2) is 11.2 Å². The fourth-order valence-electron chi connectivity index (χ4n) is 2.22. The number of benzene rings is 1. The molecule has 1 aliphatic rings. The molecular formula is C16H17ClN2O2S. The van der Waals surface area contributed by atoms with Gasteiger partial charge in [-0.05, 0) is 23.8 Å². The van der Waals surface area contributed by atoms with Crippen LogP contribution in [0.1, 0.15) is 32.0 Å². The number of aromatic nitrogens is 1. The number of nitrogens with one attached hydrogen (secondary N) is 1. The second kappa shape index (κ2) is 5.56. The number of anilines is 1. The first-order valence-corrected chi connectivity index (χ1v) is 8.30. The smallest absolute Gasteiger partial charge is 0.267 e. The molecule has 0 radical (unpaired) electrons. The van der Waals surface area contributed by atoms with Gasteiger partial charge in [0.2, 0.25) is 0 Å². The number of thiazole rings is 1. The highest BCUT2D eigenvalue weighted by molar-refractivity contribution is 7.14. The third-order valence-electron chi connectivity index (χ3n) is 3.49. The van der Waals surface area contributed by atoms with Crippen molar-refractivity contribution in [3.05, 3.63) is 39.9 Å². The van der Waals surface area contributed by atoms with E-state index in [1.807, 2.05) is 11.4 Å². The Kier molecular flexibility index (Phi) is 3.87. The molecule has 2 aromatic rings. The van der Waals surface area contributed by atoms with Crippen LogP contribution < -0.4 is 10.1 Å². The lowest BCUT2D eigenvalue weighted by atomic mass is 9.93. The van der Waals surface area contributed by atoms with Crippen molar-refractivity contribution in [2.75, 3.05) is 5.32 Å². The van der Waals surface area contributed by atoms with Crippen LogP contribution in [0.5, 0.6) is 5.75 Å². The summed E-state index contributed by atoms with van der Waals surface area (Å²) < 4.78 is 5.68. The topological polar surface area (TPSA) is 51.2 Å². The van der Waals surface area contributed by atoms with Crippen LogP contribution in [0.4, 0.5) is 5.13 Å². The van der Waals surface area contributed by atoms with Crippen molar-refractivity contribution >= 4 is 34.0 Å². The van der Waals surface area contributed by atoms with E-state index in [-0.39, 0.29) is 11.3 Å². The number of rotatable bonds is 2. The minimum absolute atomic E-state index is 0.0314. The number of hydrogen-bond acceptors (Lipinski definition) is 4. The highest BCUT2D eigenvalue weighted by Gasteiger charge is 2.30. The third kappa shape index (κ3) is 3.10. The molecule has 1 unspecified atom stereocenters. The molecule has 1 aliphatic heterocycles. The van der Waals surface area contributed by atoms with Crippen molar-refractivity contribution in [3.63, 3.8) is 0 Å². The number of fused-ring (bicyclic) bond motifs is 1. The van der Waals surface area contributed by atoms with Gasteiger partial charge >= 0.3 is 0 Å². The lowest BCUT2D eigenvalue weighted by Gasteiger charge is -2.14. The maximum Gasteiger partial charge on any atom is 0.267 e. The number of halogens is 1. The zero-order valence-electron chi connectivity index (χ0n) is 12.6. The van der Waals surface area contributed by atoms with Crippen molar-refractivity contribution in [1.82, 2.24) is 4.98 Å². The number of amides is 1.